The van der Waals surface area contributed by atoms with Crippen LogP contribution in [0.4, 0.5) is 0 Å². The maximum absolute atomic E-state index is 5.26. The third kappa shape index (κ3) is 5.63. The molecule has 3 heterocycles. The van der Waals surface area contributed by atoms with Gasteiger partial charge in [-0.1, -0.05) is 25.9 Å². The molecule has 0 saturated carbocycles. The van der Waals surface area contributed by atoms with Gasteiger partial charge in [0, 0.05) is 44.8 Å². The van der Waals surface area contributed by atoms with Crippen molar-refractivity contribution >= 4 is 29.9 Å². The normalized spacial score (nSPS) is 16.8. The maximum atomic E-state index is 5.26. The van der Waals surface area contributed by atoms with Crippen LogP contribution in [-0.4, -0.2) is 50.5 Å². The van der Waals surface area contributed by atoms with E-state index in [1.807, 2.05) is 18.5 Å². The van der Waals surface area contributed by atoms with Crippen LogP contribution in [0.3, 0.4) is 0 Å². The summed E-state index contributed by atoms with van der Waals surface area (Å²) < 4.78 is 7.28. The molecule has 2 aromatic rings. The summed E-state index contributed by atoms with van der Waals surface area (Å²) in [4.78, 5) is 13.2. The number of hydrogen-bond donors (Lipinski definition) is 2. The molecule has 2 N–H and O–H groups in total. The van der Waals surface area contributed by atoms with Crippen LogP contribution in [0.2, 0.25) is 0 Å². The first-order valence-corrected chi connectivity index (χ1v) is 9.31. The molecule has 3 rings (SSSR count). The van der Waals surface area contributed by atoms with Crippen molar-refractivity contribution in [2.75, 3.05) is 13.6 Å². The Labute approximate surface area is 176 Å². The lowest BCUT2D eigenvalue weighted by Crippen LogP contribution is -2.47. The third-order valence-electron chi connectivity index (χ3n) is 4.41. The standard InChI is InChI=1S/C17H28N8O.HI/c1-5-13-21-14-7-6-12(10-25(14)23-13)20-17(18-4)19-9-8-15-22-16(11(2)3)24-26-15;/h11-12H,5-10H2,1-4H3,(H2,18,19,20);1H. The maximum Gasteiger partial charge on any atom is 0.228 e. The van der Waals surface area contributed by atoms with Crippen LogP contribution in [0, 0.1) is 0 Å². The molecule has 1 unspecified atom stereocenters. The van der Waals surface area contributed by atoms with Crippen molar-refractivity contribution in [3.63, 3.8) is 0 Å². The fourth-order valence-electron chi connectivity index (χ4n) is 2.91. The average Bonchev–Trinajstić information content (AvgIpc) is 3.27. The van der Waals surface area contributed by atoms with E-state index in [1.54, 1.807) is 7.05 Å². The summed E-state index contributed by atoms with van der Waals surface area (Å²) in [5.74, 6) is 4.45. The van der Waals surface area contributed by atoms with Gasteiger partial charge in [0.1, 0.15) is 5.82 Å². The quantitative estimate of drug-likeness (QED) is 0.362. The summed E-state index contributed by atoms with van der Waals surface area (Å²) in [6.45, 7) is 7.67. The Kier molecular flexibility index (Phi) is 7.99. The molecule has 27 heavy (non-hydrogen) atoms. The van der Waals surface area contributed by atoms with E-state index in [-0.39, 0.29) is 35.9 Å². The van der Waals surface area contributed by atoms with Gasteiger partial charge in [-0.05, 0) is 6.42 Å². The molecule has 150 valence electrons. The van der Waals surface area contributed by atoms with Gasteiger partial charge in [0.05, 0.1) is 6.54 Å². The highest BCUT2D eigenvalue weighted by Gasteiger charge is 2.22. The number of fused-ring (bicyclic) bond motifs is 1. The molecule has 0 fully saturated rings. The van der Waals surface area contributed by atoms with Crippen molar-refractivity contribution in [2.24, 2.45) is 4.99 Å². The molecular weight excluding hydrogens is 459 g/mol. The molecule has 0 spiro atoms. The molecule has 10 heteroatoms. The number of halogens is 1. The zero-order valence-electron chi connectivity index (χ0n) is 16.4. The summed E-state index contributed by atoms with van der Waals surface area (Å²) in [7, 11) is 1.78. The Morgan fingerprint density at radius 1 is 1.37 bits per heavy atom. The largest absolute Gasteiger partial charge is 0.356 e. The molecule has 1 atom stereocenters. The number of guanidine groups is 1. The van der Waals surface area contributed by atoms with Gasteiger partial charge in [0.2, 0.25) is 5.89 Å². The van der Waals surface area contributed by atoms with E-state index in [0.29, 0.717) is 18.9 Å². The minimum atomic E-state index is 0. The topological polar surface area (TPSA) is 106 Å². The third-order valence-corrected chi connectivity index (χ3v) is 4.41. The highest BCUT2D eigenvalue weighted by molar-refractivity contribution is 14.0. The summed E-state index contributed by atoms with van der Waals surface area (Å²) >= 11 is 0. The molecule has 0 amide bonds. The van der Waals surface area contributed by atoms with Crippen molar-refractivity contribution in [3.8, 4) is 0 Å². The Morgan fingerprint density at radius 2 is 2.19 bits per heavy atom. The van der Waals surface area contributed by atoms with Crippen molar-refractivity contribution in [3.05, 3.63) is 23.4 Å². The van der Waals surface area contributed by atoms with E-state index in [4.69, 9.17) is 4.52 Å². The highest BCUT2D eigenvalue weighted by atomic mass is 127. The molecule has 0 radical (unpaired) electrons. The van der Waals surface area contributed by atoms with Gasteiger partial charge in [-0.25, -0.2) is 9.67 Å². The van der Waals surface area contributed by atoms with Crippen LogP contribution in [0.1, 0.15) is 56.5 Å². The summed E-state index contributed by atoms with van der Waals surface area (Å²) in [6, 6.07) is 0.288. The van der Waals surface area contributed by atoms with Crippen LogP contribution in [-0.2, 0) is 25.8 Å². The Bertz CT molecular complexity index is 754. The first kappa shape index (κ1) is 21.6. The number of hydrogen-bond acceptors (Lipinski definition) is 6. The van der Waals surface area contributed by atoms with E-state index in [1.165, 1.54) is 0 Å². The van der Waals surface area contributed by atoms with Crippen LogP contribution < -0.4 is 10.6 Å². The van der Waals surface area contributed by atoms with E-state index in [9.17, 15) is 0 Å². The smallest absolute Gasteiger partial charge is 0.228 e. The first-order valence-electron chi connectivity index (χ1n) is 9.31. The predicted octanol–water partition coefficient (Wildman–Crippen LogP) is 1.69. The van der Waals surface area contributed by atoms with Gasteiger partial charge in [0.25, 0.3) is 0 Å². The SMILES string of the molecule is CCc1nc2n(n1)CC(NC(=NC)NCCc1nc(C(C)C)no1)CC2.I. The van der Waals surface area contributed by atoms with Crippen molar-refractivity contribution in [1.82, 2.24) is 35.5 Å². The van der Waals surface area contributed by atoms with Crippen LogP contribution >= 0.6 is 24.0 Å². The first-order chi connectivity index (χ1) is 12.6. The zero-order chi connectivity index (χ0) is 18.5. The Balaban J connectivity index is 0.00000261. The van der Waals surface area contributed by atoms with E-state index in [2.05, 4.69) is 42.8 Å². The van der Waals surface area contributed by atoms with Crippen LogP contribution in [0.15, 0.2) is 9.52 Å². The summed E-state index contributed by atoms with van der Waals surface area (Å²) in [5.41, 5.74) is 0. The predicted molar refractivity (Wildman–Crippen MR) is 114 cm³/mol. The second-order valence-corrected chi connectivity index (χ2v) is 6.81. The van der Waals surface area contributed by atoms with Gasteiger partial charge in [-0.15, -0.1) is 24.0 Å². The molecule has 0 saturated heterocycles. The summed E-state index contributed by atoms with van der Waals surface area (Å²) in [5, 5.41) is 15.3. The van der Waals surface area contributed by atoms with Crippen molar-refractivity contribution in [1.29, 1.82) is 0 Å². The lowest BCUT2D eigenvalue weighted by atomic mass is 10.1. The fraction of sp³-hybridized carbons (Fsp3) is 0.706. The Morgan fingerprint density at radius 3 is 2.85 bits per heavy atom. The highest BCUT2D eigenvalue weighted by Crippen LogP contribution is 2.13. The number of nitrogens with one attached hydrogen (secondary N) is 2. The van der Waals surface area contributed by atoms with Gasteiger partial charge >= 0.3 is 0 Å². The lowest BCUT2D eigenvalue weighted by Gasteiger charge is -2.25. The van der Waals surface area contributed by atoms with Gasteiger partial charge in [0.15, 0.2) is 17.6 Å². The summed E-state index contributed by atoms with van der Waals surface area (Å²) in [6.07, 6.45) is 3.49. The van der Waals surface area contributed by atoms with Crippen LogP contribution in [0.5, 0.6) is 0 Å². The van der Waals surface area contributed by atoms with Gasteiger partial charge in [-0.2, -0.15) is 10.1 Å². The molecule has 9 nitrogen and oxygen atoms in total. The van der Waals surface area contributed by atoms with E-state index in [0.717, 1.165) is 49.2 Å². The fourth-order valence-corrected chi connectivity index (χ4v) is 2.91. The zero-order valence-corrected chi connectivity index (χ0v) is 18.7. The molecule has 0 aliphatic carbocycles. The van der Waals surface area contributed by atoms with Crippen molar-refractivity contribution < 1.29 is 4.52 Å². The molecular formula is C17H29IN8O. The van der Waals surface area contributed by atoms with Gasteiger partial charge < -0.3 is 15.2 Å². The number of rotatable bonds is 6. The monoisotopic (exact) mass is 488 g/mol. The molecule has 1 aliphatic rings. The minimum Gasteiger partial charge on any atom is -0.356 e. The number of aryl methyl sites for hydroxylation is 2. The number of aliphatic imine (C=N–C) groups is 1. The second-order valence-electron chi connectivity index (χ2n) is 6.81. The molecule has 2 aromatic heterocycles. The van der Waals surface area contributed by atoms with Crippen molar-refractivity contribution in [2.45, 2.75) is 65.0 Å². The lowest BCUT2D eigenvalue weighted by molar-refractivity contribution is 0.370. The van der Waals surface area contributed by atoms with Crippen LogP contribution in [0.25, 0.3) is 0 Å². The second kappa shape index (κ2) is 10.00. The van der Waals surface area contributed by atoms with Gasteiger partial charge in [-0.3, -0.25) is 4.99 Å². The molecule has 0 aromatic carbocycles. The average molecular weight is 488 g/mol. The van der Waals surface area contributed by atoms with E-state index < -0.39 is 0 Å². The Hall–Kier alpha value is -1.72. The number of nitrogens with zero attached hydrogens (tertiary/aromatic N) is 6. The molecule has 1 aliphatic heterocycles. The number of aromatic nitrogens is 5. The van der Waals surface area contributed by atoms with E-state index >= 15 is 0 Å². The minimum absolute atomic E-state index is 0. The molecule has 0 bridgehead atoms.